The highest BCUT2D eigenvalue weighted by Crippen LogP contribution is 2.68. The van der Waals surface area contributed by atoms with E-state index in [1.54, 1.807) is 38.7 Å². The number of Topliss-reactive ketones (excluding diaryl/α,β-unsaturated/α-hetero) is 1. The van der Waals surface area contributed by atoms with Crippen LogP contribution in [0.2, 0.25) is 0 Å². The molecule has 9 nitrogen and oxygen atoms in total. The van der Waals surface area contributed by atoms with Gasteiger partial charge >= 0.3 is 18.0 Å². The van der Waals surface area contributed by atoms with Crippen LogP contribution in [-0.2, 0) is 28.6 Å². The van der Waals surface area contributed by atoms with Gasteiger partial charge in [0.05, 0.1) is 25.8 Å². The highest BCUT2D eigenvalue weighted by molar-refractivity contribution is 6.09. The highest BCUT2D eigenvalue weighted by atomic mass is 16.6. The van der Waals surface area contributed by atoms with Crippen molar-refractivity contribution >= 4 is 29.5 Å². The number of amides is 1. The van der Waals surface area contributed by atoms with Gasteiger partial charge in [-0.15, -0.1) is 0 Å². The molecule has 5 atom stereocenters. The Morgan fingerprint density at radius 1 is 1.08 bits per heavy atom. The molecule has 1 aliphatic carbocycles. The van der Waals surface area contributed by atoms with Crippen LogP contribution in [0.3, 0.4) is 0 Å². The number of para-hydroxylation sites is 1. The van der Waals surface area contributed by atoms with Crippen LogP contribution in [0.15, 0.2) is 35.9 Å². The molecule has 3 saturated heterocycles. The third kappa shape index (κ3) is 2.86. The van der Waals surface area contributed by atoms with Crippen LogP contribution in [0.5, 0.6) is 0 Å². The number of benzene rings is 1. The molecule has 4 aliphatic heterocycles. The van der Waals surface area contributed by atoms with E-state index in [0.29, 0.717) is 24.4 Å². The summed E-state index contributed by atoms with van der Waals surface area (Å²) < 4.78 is 16.3. The zero-order valence-electron chi connectivity index (χ0n) is 21.5. The Morgan fingerprint density at radius 3 is 2.31 bits per heavy atom. The van der Waals surface area contributed by atoms with Gasteiger partial charge in [0.2, 0.25) is 0 Å². The van der Waals surface area contributed by atoms with E-state index in [2.05, 4.69) is 4.90 Å². The van der Waals surface area contributed by atoms with Gasteiger partial charge in [-0.2, -0.15) is 0 Å². The van der Waals surface area contributed by atoms with Crippen LogP contribution in [0.25, 0.3) is 0 Å². The molecule has 5 aliphatic rings. The van der Waals surface area contributed by atoms with Gasteiger partial charge < -0.3 is 14.2 Å². The van der Waals surface area contributed by atoms with Crippen LogP contribution in [0.1, 0.15) is 45.6 Å². The van der Waals surface area contributed by atoms with Crippen molar-refractivity contribution in [1.82, 2.24) is 4.90 Å². The first-order valence-electron chi connectivity index (χ1n) is 12.2. The van der Waals surface area contributed by atoms with Crippen molar-refractivity contribution in [2.24, 2.45) is 17.3 Å². The summed E-state index contributed by atoms with van der Waals surface area (Å²) in [4.78, 5) is 59.1. The quantitative estimate of drug-likeness (QED) is 0.267. The van der Waals surface area contributed by atoms with E-state index in [4.69, 9.17) is 14.2 Å². The predicted octanol–water partition coefficient (Wildman–Crippen LogP) is 3.03. The summed E-state index contributed by atoms with van der Waals surface area (Å²) in [6, 6.07) is 7.41. The lowest BCUT2D eigenvalue weighted by molar-refractivity contribution is -0.179. The zero-order chi connectivity index (χ0) is 26.2. The number of hydrogen-bond donors (Lipinski definition) is 0. The molecule has 0 radical (unpaired) electrons. The molecule has 9 heteroatoms. The molecule has 4 fully saturated rings. The number of rotatable bonds is 2. The number of ether oxygens (including phenoxy) is 3. The number of fused-ring (bicyclic) bond motifs is 3. The van der Waals surface area contributed by atoms with E-state index in [9.17, 15) is 19.2 Å². The van der Waals surface area contributed by atoms with E-state index in [-0.39, 0.29) is 12.2 Å². The number of ketones is 1. The number of anilines is 1. The fraction of sp³-hybridized carbons (Fsp3) is 0.556. The average molecular weight is 497 g/mol. The number of allylic oxidation sites excluding steroid dienone is 1. The predicted molar refractivity (Wildman–Crippen MR) is 129 cm³/mol. The Bertz CT molecular complexity index is 1180. The fourth-order valence-corrected chi connectivity index (χ4v) is 7.26. The molecule has 4 heterocycles. The molecule has 1 spiro atoms. The van der Waals surface area contributed by atoms with Gasteiger partial charge in [0.25, 0.3) is 0 Å². The maximum absolute atomic E-state index is 14.2. The van der Waals surface area contributed by atoms with Crippen LogP contribution < -0.4 is 4.90 Å². The van der Waals surface area contributed by atoms with Gasteiger partial charge in [-0.1, -0.05) is 24.3 Å². The van der Waals surface area contributed by atoms with Crippen LogP contribution in [0, 0.1) is 17.3 Å². The van der Waals surface area contributed by atoms with Crippen LogP contribution in [0.4, 0.5) is 10.5 Å². The number of esters is 2. The fourth-order valence-electron chi connectivity index (χ4n) is 7.26. The smallest absolute Gasteiger partial charge is 0.416 e. The van der Waals surface area contributed by atoms with Gasteiger partial charge in [0, 0.05) is 31.3 Å². The third-order valence-corrected chi connectivity index (χ3v) is 8.30. The van der Waals surface area contributed by atoms with Crippen molar-refractivity contribution in [3.05, 3.63) is 41.5 Å². The first-order valence-corrected chi connectivity index (χ1v) is 12.2. The van der Waals surface area contributed by atoms with Gasteiger partial charge in [-0.05, 0) is 44.9 Å². The second-order valence-corrected chi connectivity index (χ2v) is 11.0. The van der Waals surface area contributed by atoms with Crippen LogP contribution in [-0.4, -0.2) is 67.3 Å². The Labute approximate surface area is 210 Å². The molecule has 1 saturated carbocycles. The number of nitrogens with zero attached hydrogens (tertiary/aromatic N) is 2. The van der Waals surface area contributed by atoms with Crippen molar-refractivity contribution in [3.8, 4) is 0 Å². The minimum Gasteiger partial charge on any atom is -0.468 e. The van der Waals surface area contributed by atoms with Crippen molar-refractivity contribution in [2.75, 3.05) is 32.2 Å². The second-order valence-electron chi connectivity index (χ2n) is 11.0. The summed E-state index contributed by atoms with van der Waals surface area (Å²) in [5.41, 5.74) is -1.71. The summed E-state index contributed by atoms with van der Waals surface area (Å²) in [6.45, 7) is 7.80. The number of carbonyl (C=O) groups is 4. The van der Waals surface area contributed by atoms with E-state index in [1.165, 1.54) is 14.2 Å². The molecular formula is C27H32N2O7. The second kappa shape index (κ2) is 7.90. The molecule has 0 aromatic heterocycles. The lowest BCUT2D eigenvalue weighted by Crippen LogP contribution is -2.60. The van der Waals surface area contributed by atoms with Gasteiger partial charge in [-0.3, -0.25) is 24.2 Å². The molecule has 1 aromatic rings. The molecule has 192 valence electrons. The molecule has 3 unspecified atom stereocenters. The monoisotopic (exact) mass is 496 g/mol. The maximum atomic E-state index is 14.2. The van der Waals surface area contributed by atoms with Crippen molar-refractivity contribution in [2.45, 2.75) is 51.3 Å². The largest absolute Gasteiger partial charge is 0.468 e. The zero-order valence-corrected chi connectivity index (χ0v) is 21.5. The summed E-state index contributed by atoms with van der Waals surface area (Å²) in [6.07, 6.45) is 1.16. The molecule has 6 rings (SSSR count). The number of hydrogen-bond acceptors (Lipinski definition) is 8. The number of carbonyl (C=O) groups excluding carboxylic acids is 4. The maximum Gasteiger partial charge on any atom is 0.416 e. The lowest BCUT2D eigenvalue weighted by atomic mass is 9.60. The SMILES string of the molecule is C/C=C1\CN2CC3[C@H]4c5ccccc5N(C(=O)OC(C)(C)C)[C@@]42CC(=O)C1C3(C(=O)OC)C(=O)OC. The standard InChI is InChI=1S/C27H32N2O7/c1-7-15-13-28-14-17-21-16-10-8-9-11-18(16)29(24(33)36-25(2,3)4)26(21,28)12-19(30)20(15)27(17,22(31)34-5)23(32)35-6/h7-11,17,20-21H,12-14H2,1-6H3/b15-7+/t17?,20?,21-,26+/m1/s1. The third-order valence-electron chi connectivity index (χ3n) is 8.30. The Balaban J connectivity index is 1.85. The molecule has 36 heavy (non-hydrogen) atoms. The minimum atomic E-state index is -1.88. The Morgan fingerprint density at radius 2 is 1.72 bits per heavy atom. The Hall–Kier alpha value is -3.20. The van der Waals surface area contributed by atoms with Crippen molar-refractivity contribution in [1.29, 1.82) is 0 Å². The number of methoxy groups -OCH3 is 2. The van der Waals surface area contributed by atoms with Crippen molar-refractivity contribution < 1.29 is 33.4 Å². The van der Waals surface area contributed by atoms with E-state index in [1.807, 2.05) is 24.3 Å². The van der Waals surface area contributed by atoms with Gasteiger partial charge in [-0.25, -0.2) is 4.79 Å². The highest BCUT2D eigenvalue weighted by Gasteiger charge is 2.78. The van der Waals surface area contributed by atoms with Gasteiger partial charge in [0.1, 0.15) is 17.0 Å². The summed E-state index contributed by atoms with van der Waals surface area (Å²) in [5.74, 6) is -4.09. The van der Waals surface area contributed by atoms with E-state index < -0.39 is 52.5 Å². The summed E-state index contributed by atoms with van der Waals surface area (Å²) in [7, 11) is 2.45. The Kier molecular flexibility index (Phi) is 5.37. The van der Waals surface area contributed by atoms with E-state index >= 15 is 0 Å². The first-order chi connectivity index (χ1) is 17.0. The molecular weight excluding hydrogens is 464 g/mol. The summed E-state index contributed by atoms with van der Waals surface area (Å²) >= 11 is 0. The molecule has 0 N–H and O–H groups in total. The average Bonchev–Trinajstić information content (AvgIpc) is 3.12. The van der Waals surface area contributed by atoms with Gasteiger partial charge in [0.15, 0.2) is 5.41 Å². The lowest BCUT2D eigenvalue weighted by Gasteiger charge is -2.44. The van der Waals surface area contributed by atoms with Crippen LogP contribution >= 0.6 is 0 Å². The summed E-state index contributed by atoms with van der Waals surface area (Å²) in [5, 5.41) is 0. The first kappa shape index (κ1) is 24.5. The normalized spacial score (nSPS) is 32.6. The molecule has 1 amide bonds. The minimum absolute atomic E-state index is 0.0557. The topological polar surface area (TPSA) is 102 Å². The molecule has 4 bridgehead atoms. The molecule has 1 aromatic carbocycles. The van der Waals surface area contributed by atoms with E-state index in [0.717, 1.165) is 5.56 Å². The van der Waals surface area contributed by atoms with Crippen molar-refractivity contribution in [3.63, 3.8) is 0 Å².